The lowest BCUT2D eigenvalue weighted by molar-refractivity contribution is -0.0705. The number of nitrogens with zero attached hydrogens (tertiary/aromatic N) is 6. The van der Waals surface area contributed by atoms with Gasteiger partial charge < -0.3 is 4.74 Å². The number of halogens is 2. The Morgan fingerprint density at radius 3 is 2.62 bits per heavy atom. The van der Waals surface area contributed by atoms with Crippen LogP contribution in [0.25, 0.3) is 16.7 Å². The Balaban J connectivity index is 1.57. The van der Waals surface area contributed by atoms with Crippen molar-refractivity contribution >= 4 is 32.6 Å². The normalized spacial score (nSPS) is 19.8. The minimum absolute atomic E-state index is 0.176. The van der Waals surface area contributed by atoms with Crippen LogP contribution >= 0.6 is 15.9 Å². The number of hydrogen-bond donors (Lipinski definition) is 0. The molecule has 0 N–H and O–H groups in total. The summed E-state index contributed by atoms with van der Waals surface area (Å²) in [5, 5.41) is 4.86. The van der Waals surface area contributed by atoms with Crippen LogP contribution in [-0.4, -0.2) is 54.3 Å². The first-order chi connectivity index (χ1) is 15.4. The lowest BCUT2D eigenvalue weighted by atomic mass is 10.1. The van der Waals surface area contributed by atoms with E-state index in [2.05, 4.69) is 49.7 Å². The molecule has 1 aliphatic rings. The monoisotopic (exact) mass is 500 g/mol. The van der Waals surface area contributed by atoms with Crippen LogP contribution in [0, 0.1) is 5.82 Å². The van der Waals surface area contributed by atoms with Gasteiger partial charge in [0.1, 0.15) is 17.8 Å². The second kappa shape index (κ2) is 8.34. The molecule has 4 heterocycles. The molecule has 1 saturated heterocycles. The first-order valence-electron chi connectivity index (χ1n) is 10.4. The van der Waals surface area contributed by atoms with Crippen molar-refractivity contribution in [2.24, 2.45) is 0 Å². The SMILES string of the molecule is CC1CN(Cc2cnc3c(c2)c2ncnn2c(=O)n3Cc2ccc(F)c(Br)c2)CC(C)O1. The Morgan fingerprint density at radius 1 is 1.09 bits per heavy atom. The van der Waals surface area contributed by atoms with Gasteiger partial charge in [-0.1, -0.05) is 6.07 Å². The van der Waals surface area contributed by atoms with Crippen LogP contribution in [0.1, 0.15) is 25.0 Å². The number of rotatable bonds is 4. The molecule has 2 unspecified atom stereocenters. The molecule has 0 aliphatic carbocycles. The third-order valence-electron chi connectivity index (χ3n) is 5.61. The predicted molar refractivity (Wildman–Crippen MR) is 121 cm³/mol. The number of benzene rings is 1. The van der Waals surface area contributed by atoms with Crippen LogP contribution in [0.2, 0.25) is 0 Å². The molecular formula is C22H22BrFN6O2. The second-order valence-electron chi connectivity index (χ2n) is 8.28. The molecular weight excluding hydrogens is 479 g/mol. The Bertz CT molecular complexity index is 1360. The number of pyridine rings is 1. The molecule has 0 amide bonds. The van der Waals surface area contributed by atoms with E-state index in [4.69, 9.17) is 4.74 Å². The maximum atomic E-state index is 13.7. The average Bonchev–Trinajstić information content (AvgIpc) is 3.23. The minimum Gasteiger partial charge on any atom is -0.373 e. The molecule has 4 aromatic rings. The molecule has 10 heteroatoms. The second-order valence-corrected chi connectivity index (χ2v) is 9.13. The van der Waals surface area contributed by atoms with E-state index >= 15 is 0 Å². The Morgan fingerprint density at radius 2 is 1.88 bits per heavy atom. The molecule has 0 spiro atoms. The van der Waals surface area contributed by atoms with Gasteiger partial charge in [0.15, 0.2) is 5.65 Å². The van der Waals surface area contributed by atoms with Gasteiger partial charge in [-0.15, -0.1) is 0 Å². The number of morpholine rings is 1. The van der Waals surface area contributed by atoms with Gasteiger partial charge >= 0.3 is 5.69 Å². The zero-order valence-corrected chi connectivity index (χ0v) is 19.3. The van der Waals surface area contributed by atoms with Crippen LogP contribution in [0.3, 0.4) is 0 Å². The summed E-state index contributed by atoms with van der Waals surface area (Å²) in [5.74, 6) is -0.354. The summed E-state index contributed by atoms with van der Waals surface area (Å²) in [6.45, 7) is 6.81. The van der Waals surface area contributed by atoms with Crippen molar-refractivity contribution in [3.05, 3.63) is 68.7 Å². The highest BCUT2D eigenvalue weighted by molar-refractivity contribution is 9.10. The summed E-state index contributed by atoms with van der Waals surface area (Å²) in [5.41, 5.74) is 2.44. The molecule has 0 saturated carbocycles. The van der Waals surface area contributed by atoms with E-state index in [-0.39, 0.29) is 30.3 Å². The molecule has 32 heavy (non-hydrogen) atoms. The first-order valence-corrected chi connectivity index (χ1v) is 11.2. The summed E-state index contributed by atoms with van der Waals surface area (Å²) in [6, 6.07) is 6.71. The molecule has 1 aromatic carbocycles. The van der Waals surface area contributed by atoms with E-state index in [1.807, 2.05) is 6.07 Å². The van der Waals surface area contributed by atoms with E-state index in [1.165, 1.54) is 16.9 Å². The van der Waals surface area contributed by atoms with E-state index in [0.717, 1.165) is 36.1 Å². The van der Waals surface area contributed by atoms with Crippen molar-refractivity contribution in [1.29, 1.82) is 0 Å². The Kier molecular flexibility index (Phi) is 5.52. The fourth-order valence-electron chi connectivity index (χ4n) is 4.37. The van der Waals surface area contributed by atoms with Gasteiger partial charge in [0, 0.05) is 25.8 Å². The van der Waals surface area contributed by atoms with E-state index in [9.17, 15) is 9.18 Å². The maximum absolute atomic E-state index is 13.7. The van der Waals surface area contributed by atoms with Crippen LogP contribution < -0.4 is 5.69 Å². The summed E-state index contributed by atoms with van der Waals surface area (Å²) >= 11 is 3.21. The topological polar surface area (TPSA) is 77.6 Å². The van der Waals surface area contributed by atoms with E-state index in [1.54, 1.807) is 22.9 Å². The van der Waals surface area contributed by atoms with Gasteiger partial charge in [0.2, 0.25) is 0 Å². The largest absolute Gasteiger partial charge is 0.373 e. The molecule has 2 atom stereocenters. The van der Waals surface area contributed by atoms with Crippen molar-refractivity contribution in [2.45, 2.75) is 39.1 Å². The molecule has 166 valence electrons. The van der Waals surface area contributed by atoms with Crippen molar-refractivity contribution in [3.8, 4) is 0 Å². The lowest BCUT2D eigenvalue weighted by Crippen LogP contribution is -2.44. The molecule has 1 fully saturated rings. The van der Waals surface area contributed by atoms with Crippen LogP contribution in [0.5, 0.6) is 0 Å². The van der Waals surface area contributed by atoms with Gasteiger partial charge in [-0.3, -0.25) is 9.47 Å². The number of fused-ring (bicyclic) bond motifs is 3. The molecule has 1 aliphatic heterocycles. The summed E-state index contributed by atoms with van der Waals surface area (Å²) in [4.78, 5) is 24.4. The average molecular weight is 501 g/mol. The van der Waals surface area contributed by atoms with Crippen LogP contribution in [0.4, 0.5) is 4.39 Å². The number of hydrogen-bond acceptors (Lipinski definition) is 6. The Labute approximate surface area is 191 Å². The highest BCUT2D eigenvalue weighted by atomic mass is 79.9. The zero-order chi connectivity index (χ0) is 22.4. The summed E-state index contributed by atoms with van der Waals surface area (Å²) < 4.78 is 22.7. The highest BCUT2D eigenvalue weighted by Crippen LogP contribution is 2.21. The molecule has 0 bridgehead atoms. The third kappa shape index (κ3) is 3.94. The quantitative estimate of drug-likeness (QED) is 0.428. The Hall–Kier alpha value is -2.69. The van der Waals surface area contributed by atoms with Gasteiger partial charge in [-0.25, -0.2) is 19.2 Å². The summed E-state index contributed by atoms with van der Waals surface area (Å²) in [6.07, 6.45) is 3.52. The van der Waals surface area contributed by atoms with E-state index < -0.39 is 0 Å². The van der Waals surface area contributed by atoms with Gasteiger partial charge in [-0.2, -0.15) is 9.61 Å². The maximum Gasteiger partial charge on any atom is 0.352 e. The molecule has 3 aromatic heterocycles. The van der Waals surface area contributed by atoms with Crippen molar-refractivity contribution in [2.75, 3.05) is 13.1 Å². The molecule has 5 rings (SSSR count). The lowest BCUT2D eigenvalue weighted by Gasteiger charge is -2.35. The smallest absolute Gasteiger partial charge is 0.352 e. The minimum atomic E-state index is -0.354. The molecule has 0 radical (unpaired) electrons. The number of ether oxygens (including phenoxy) is 1. The molecule has 8 nitrogen and oxygen atoms in total. The standard InChI is InChI=1S/C22H22BrFN6O2/c1-13-8-28(9-14(2)32-13)10-16-5-17-20(25-7-16)29(22(31)30-21(17)26-12-27-30)11-15-3-4-19(24)18(23)6-15/h3-7,12-14H,8-11H2,1-2H3. The van der Waals surface area contributed by atoms with Gasteiger partial charge in [0.25, 0.3) is 0 Å². The van der Waals surface area contributed by atoms with Crippen molar-refractivity contribution in [3.63, 3.8) is 0 Å². The highest BCUT2D eigenvalue weighted by Gasteiger charge is 2.23. The van der Waals surface area contributed by atoms with Gasteiger partial charge in [-0.05, 0) is 59.1 Å². The summed E-state index contributed by atoms with van der Waals surface area (Å²) in [7, 11) is 0. The first kappa shape index (κ1) is 21.2. The number of aromatic nitrogens is 5. The third-order valence-corrected chi connectivity index (χ3v) is 6.21. The fourth-order valence-corrected chi connectivity index (χ4v) is 4.80. The van der Waals surface area contributed by atoms with Crippen LogP contribution in [-0.2, 0) is 17.8 Å². The predicted octanol–water partition coefficient (Wildman–Crippen LogP) is 3.00. The fraction of sp³-hybridized carbons (Fsp3) is 0.364. The van der Waals surface area contributed by atoms with Crippen LogP contribution in [0.15, 0.2) is 46.1 Å². The van der Waals surface area contributed by atoms with E-state index in [0.29, 0.717) is 15.8 Å². The van der Waals surface area contributed by atoms with Crippen molar-refractivity contribution < 1.29 is 9.13 Å². The zero-order valence-electron chi connectivity index (χ0n) is 17.7. The van der Waals surface area contributed by atoms with Crippen molar-refractivity contribution in [1.82, 2.24) is 29.0 Å². The van der Waals surface area contributed by atoms with Gasteiger partial charge in [0.05, 0.1) is 28.6 Å².